The third kappa shape index (κ3) is 0.982. The van der Waals surface area contributed by atoms with Gasteiger partial charge < -0.3 is 4.90 Å². The molecule has 0 radical (unpaired) electrons. The summed E-state index contributed by atoms with van der Waals surface area (Å²) in [6.45, 7) is 3.83. The zero-order valence-corrected chi connectivity index (χ0v) is 6.50. The number of hydrogen-bond acceptors (Lipinski definition) is 3. The Kier molecular flexibility index (Phi) is 1.34. The van der Waals surface area contributed by atoms with Crippen molar-refractivity contribution in [3.05, 3.63) is 0 Å². The van der Waals surface area contributed by atoms with Gasteiger partial charge in [0.2, 0.25) is 11.9 Å². The van der Waals surface area contributed by atoms with Gasteiger partial charge in [0, 0.05) is 19.0 Å². The summed E-state index contributed by atoms with van der Waals surface area (Å²) < 4.78 is 0. The van der Waals surface area contributed by atoms with Gasteiger partial charge in [0.05, 0.1) is 6.54 Å². The standard InChI is InChI=1S/C7H11N3O/c1-5-4-6(11)9-7-8-2-3-10(5)7/h5H,2-4H2,1H3,(H,8,9,11). The summed E-state index contributed by atoms with van der Waals surface area (Å²) in [6, 6.07) is 0.324. The largest absolute Gasteiger partial charge is 0.338 e. The molecule has 0 saturated carbocycles. The molecule has 2 aliphatic heterocycles. The molecule has 0 spiro atoms. The van der Waals surface area contributed by atoms with Gasteiger partial charge in [0.25, 0.3) is 0 Å². The van der Waals surface area contributed by atoms with Crippen molar-refractivity contribution in [2.45, 2.75) is 19.4 Å². The highest BCUT2D eigenvalue weighted by Gasteiger charge is 2.29. The van der Waals surface area contributed by atoms with Crippen LogP contribution in [0.4, 0.5) is 0 Å². The molecule has 60 valence electrons. The van der Waals surface area contributed by atoms with Crippen LogP contribution in [0, 0.1) is 0 Å². The van der Waals surface area contributed by atoms with Gasteiger partial charge in [0.1, 0.15) is 0 Å². The molecule has 1 unspecified atom stereocenters. The van der Waals surface area contributed by atoms with Crippen molar-refractivity contribution >= 4 is 11.9 Å². The van der Waals surface area contributed by atoms with Gasteiger partial charge in [-0.3, -0.25) is 15.1 Å². The minimum absolute atomic E-state index is 0.0920. The predicted molar refractivity (Wildman–Crippen MR) is 41.2 cm³/mol. The SMILES string of the molecule is CC1CC(=O)NC2=NCCN21. The topological polar surface area (TPSA) is 44.7 Å². The van der Waals surface area contributed by atoms with Gasteiger partial charge in [-0.15, -0.1) is 0 Å². The summed E-state index contributed by atoms with van der Waals surface area (Å²) >= 11 is 0. The van der Waals surface area contributed by atoms with Gasteiger partial charge in [-0.25, -0.2) is 0 Å². The Labute approximate surface area is 65.3 Å². The molecule has 1 fully saturated rings. The Balaban J connectivity index is 2.20. The van der Waals surface area contributed by atoms with Crippen molar-refractivity contribution in [2.75, 3.05) is 13.1 Å². The van der Waals surface area contributed by atoms with E-state index in [4.69, 9.17) is 0 Å². The number of nitrogens with zero attached hydrogens (tertiary/aromatic N) is 2. The second kappa shape index (κ2) is 2.22. The lowest BCUT2D eigenvalue weighted by Gasteiger charge is -2.31. The lowest BCUT2D eigenvalue weighted by atomic mass is 10.1. The molecular weight excluding hydrogens is 142 g/mol. The number of aliphatic imine (C=N–C) groups is 1. The molecule has 1 amide bonds. The first kappa shape index (κ1) is 6.64. The number of fused-ring (bicyclic) bond motifs is 1. The zero-order valence-electron chi connectivity index (χ0n) is 6.50. The van der Waals surface area contributed by atoms with E-state index in [0.29, 0.717) is 12.5 Å². The van der Waals surface area contributed by atoms with E-state index in [2.05, 4.69) is 22.1 Å². The third-order valence-corrected chi connectivity index (χ3v) is 2.14. The van der Waals surface area contributed by atoms with E-state index < -0.39 is 0 Å². The normalized spacial score (nSPS) is 29.5. The fraction of sp³-hybridized carbons (Fsp3) is 0.714. The Morgan fingerprint density at radius 3 is 3.36 bits per heavy atom. The van der Waals surface area contributed by atoms with Gasteiger partial charge in [0.15, 0.2) is 0 Å². The van der Waals surface area contributed by atoms with E-state index >= 15 is 0 Å². The number of amides is 1. The predicted octanol–water partition coefficient (Wildman–Crippen LogP) is -0.434. The highest BCUT2D eigenvalue weighted by atomic mass is 16.2. The Hall–Kier alpha value is -1.06. The Bertz CT molecular complexity index is 224. The molecule has 2 aliphatic rings. The second-order valence-corrected chi connectivity index (χ2v) is 3.00. The van der Waals surface area contributed by atoms with Crippen molar-refractivity contribution in [2.24, 2.45) is 4.99 Å². The van der Waals surface area contributed by atoms with Crippen LogP contribution in [0.5, 0.6) is 0 Å². The fourth-order valence-electron chi connectivity index (χ4n) is 1.56. The number of rotatable bonds is 0. The molecule has 4 nitrogen and oxygen atoms in total. The molecule has 0 aromatic heterocycles. The second-order valence-electron chi connectivity index (χ2n) is 3.00. The van der Waals surface area contributed by atoms with E-state index in [0.717, 1.165) is 19.0 Å². The highest BCUT2D eigenvalue weighted by Crippen LogP contribution is 2.12. The Morgan fingerprint density at radius 2 is 2.55 bits per heavy atom. The van der Waals surface area contributed by atoms with Crippen molar-refractivity contribution in [1.82, 2.24) is 10.2 Å². The van der Waals surface area contributed by atoms with E-state index in [1.807, 2.05) is 0 Å². The molecule has 11 heavy (non-hydrogen) atoms. The molecule has 2 heterocycles. The van der Waals surface area contributed by atoms with E-state index in [-0.39, 0.29) is 5.91 Å². The number of carbonyl (C=O) groups excluding carboxylic acids is 1. The maximum Gasteiger partial charge on any atom is 0.228 e. The first-order valence-electron chi connectivity index (χ1n) is 3.88. The molecule has 1 atom stereocenters. The van der Waals surface area contributed by atoms with Gasteiger partial charge in [-0.05, 0) is 6.92 Å². The minimum atomic E-state index is 0.0920. The molecule has 0 aromatic rings. The number of hydrogen-bond donors (Lipinski definition) is 1. The molecule has 0 aliphatic carbocycles. The number of nitrogens with one attached hydrogen (secondary N) is 1. The average molecular weight is 153 g/mol. The van der Waals surface area contributed by atoms with Gasteiger partial charge in [-0.1, -0.05) is 0 Å². The van der Waals surface area contributed by atoms with Crippen LogP contribution in [0.15, 0.2) is 4.99 Å². The van der Waals surface area contributed by atoms with Crippen molar-refractivity contribution in [3.63, 3.8) is 0 Å². The van der Waals surface area contributed by atoms with E-state index in [1.54, 1.807) is 0 Å². The molecule has 1 saturated heterocycles. The summed E-state index contributed by atoms with van der Waals surface area (Å²) in [6.07, 6.45) is 0.596. The van der Waals surface area contributed by atoms with Crippen LogP contribution in [0.2, 0.25) is 0 Å². The minimum Gasteiger partial charge on any atom is -0.338 e. The molecular formula is C7H11N3O. The summed E-state index contributed by atoms with van der Waals surface area (Å²) in [4.78, 5) is 17.3. The first-order chi connectivity index (χ1) is 5.27. The molecule has 0 aromatic carbocycles. The third-order valence-electron chi connectivity index (χ3n) is 2.14. The van der Waals surface area contributed by atoms with Crippen molar-refractivity contribution < 1.29 is 4.79 Å². The number of guanidine groups is 1. The zero-order chi connectivity index (χ0) is 7.84. The lowest BCUT2D eigenvalue weighted by Crippen LogP contribution is -2.52. The van der Waals surface area contributed by atoms with Crippen molar-refractivity contribution in [3.8, 4) is 0 Å². The van der Waals surface area contributed by atoms with Crippen LogP contribution in [0.25, 0.3) is 0 Å². The molecule has 4 heteroatoms. The van der Waals surface area contributed by atoms with Crippen LogP contribution in [-0.4, -0.2) is 35.9 Å². The van der Waals surface area contributed by atoms with Crippen LogP contribution in [-0.2, 0) is 4.79 Å². The maximum atomic E-state index is 11.0. The van der Waals surface area contributed by atoms with Crippen LogP contribution in [0.1, 0.15) is 13.3 Å². The van der Waals surface area contributed by atoms with Crippen LogP contribution in [0.3, 0.4) is 0 Å². The summed E-state index contributed by atoms with van der Waals surface area (Å²) in [7, 11) is 0. The lowest BCUT2D eigenvalue weighted by molar-refractivity contribution is -0.121. The molecule has 2 rings (SSSR count). The Morgan fingerprint density at radius 1 is 1.73 bits per heavy atom. The summed E-state index contributed by atoms with van der Waals surface area (Å²) in [5.74, 6) is 0.864. The van der Waals surface area contributed by atoms with Crippen LogP contribution >= 0.6 is 0 Å². The van der Waals surface area contributed by atoms with E-state index in [1.165, 1.54) is 0 Å². The summed E-state index contributed by atoms with van der Waals surface area (Å²) in [5, 5.41) is 2.75. The fourth-order valence-corrected chi connectivity index (χ4v) is 1.56. The van der Waals surface area contributed by atoms with Gasteiger partial charge >= 0.3 is 0 Å². The first-order valence-corrected chi connectivity index (χ1v) is 3.88. The molecule has 0 bridgehead atoms. The average Bonchev–Trinajstić information content (AvgIpc) is 2.34. The maximum absolute atomic E-state index is 11.0. The summed E-state index contributed by atoms with van der Waals surface area (Å²) in [5.41, 5.74) is 0. The highest BCUT2D eigenvalue weighted by molar-refractivity contribution is 6.00. The van der Waals surface area contributed by atoms with E-state index in [9.17, 15) is 4.79 Å². The van der Waals surface area contributed by atoms with Gasteiger partial charge in [-0.2, -0.15) is 0 Å². The monoisotopic (exact) mass is 153 g/mol. The number of carbonyl (C=O) groups is 1. The smallest absolute Gasteiger partial charge is 0.228 e. The van der Waals surface area contributed by atoms with Crippen molar-refractivity contribution in [1.29, 1.82) is 0 Å². The quantitative estimate of drug-likeness (QED) is 0.513. The molecule has 1 N–H and O–H groups in total. The van der Waals surface area contributed by atoms with Crippen LogP contribution < -0.4 is 5.32 Å².